The maximum atomic E-state index is 6.02. The van der Waals surface area contributed by atoms with Gasteiger partial charge in [0.15, 0.2) is 0 Å². The summed E-state index contributed by atoms with van der Waals surface area (Å²) in [5.41, 5.74) is 1.42. The molecule has 2 fully saturated rings. The molecule has 0 bridgehead atoms. The molecule has 2 aliphatic heterocycles. The smallest absolute Gasteiger partial charge is 0.0706 e. The van der Waals surface area contributed by atoms with E-state index in [1.54, 1.807) is 0 Å². The fourth-order valence-electron chi connectivity index (χ4n) is 3.64. The lowest BCUT2D eigenvalue weighted by Gasteiger charge is -2.46. The highest BCUT2D eigenvalue weighted by Gasteiger charge is 2.37. The average Bonchev–Trinajstić information content (AvgIpc) is 2.89. The van der Waals surface area contributed by atoms with Gasteiger partial charge in [0.25, 0.3) is 0 Å². The van der Waals surface area contributed by atoms with Gasteiger partial charge in [-0.3, -0.25) is 4.90 Å². The topological polar surface area (TPSA) is 24.5 Å². The first-order valence-electron chi connectivity index (χ1n) is 8.27. The van der Waals surface area contributed by atoms with Crippen LogP contribution in [0.1, 0.15) is 39.2 Å². The summed E-state index contributed by atoms with van der Waals surface area (Å²) >= 11 is 0. The number of benzene rings is 1. The van der Waals surface area contributed by atoms with Crippen LogP contribution >= 0.6 is 0 Å². The molecule has 0 saturated carbocycles. The summed E-state index contributed by atoms with van der Waals surface area (Å²) in [4.78, 5) is 2.60. The SMILES string of the molecule is CC1CCC(CN2CC(C)(c3ccccc3)NCC2C)O1. The minimum Gasteiger partial charge on any atom is -0.374 e. The predicted octanol–water partition coefficient (Wildman–Crippen LogP) is 2.76. The zero-order valence-corrected chi connectivity index (χ0v) is 13.5. The molecule has 2 heterocycles. The van der Waals surface area contributed by atoms with Crippen molar-refractivity contribution < 1.29 is 4.74 Å². The van der Waals surface area contributed by atoms with Crippen LogP contribution in [-0.4, -0.2) is 42.8 Å². The van der Waals surface area contributed by atoms with Crippen molar-refractivity contribution in [2.45, 2.75) is 57.4 Å². The van der Waals surface area contributed by atoms with Crippen LogP contribution in [0.5, 0.6) is 0 Å². The third kappa shape index (κ3) is 3.31. The summed E-state index contributed by atoms with van der Waals surface area (Å²) in [5.74, 6) is 0. The molecular weight excluding hydrogens is 260 g/mol. The van der Waals surface area contributed by atoms with E-state index in [2.05, 4.69) is 61.3 Å². The van der Waals surface area contributed by atoms with Crippen molar-refractivity contribution in [2.75, 3.05) is 19.6 Å². The Labute approximate surface area is 128 Å². The summed E-state index contributed by atoms with van der Waals surface area (Å²) in [6, 6.07) is 11.4. The van der Waals surface area contributed by atoms with E-state index in [0.717, 1.165) is 19.6 Å². The lowest BCUT2D eigenvalue weighted by molar-refractivity contribution is 0.00305. The highest BCUT2D eigenvalue weighted by molar-refractivity contribution is 5.25. The van der Waals surface area contributed by atoms with Crippen LogP contribution < -0.4 is 5.32 Å². The molecule has 0 radical (unpaired) electrons. The third-order valence-electron chi connectivity index (χ3n) is 5.10. The summed E-state index contributed by atoms with van der Waals surface area (Å²) in [7, 11) is 0. The first-order valence-corrected chi connectivity index (χ1v) is 8.27. The number of rotatable bonds is 3. The molecule has 2 aliphatic rings. The van der Waals surface area contributed by atoms with Crippen molar-refractivity contribution in [2.24, 2.45) is 0 Å². The number of hydrogen-bond donors (Lipinski definition) is 1. The maximum absolute atomic E-state index is 6.02. The van der Waals surface area contributed by atoms with Gasteiger partial charge >= 0.3 is 0 Å². The van der Waals surface area contributed by atoms with Crippen LogP contribution in [0, 0.1) is 0 Å². The van der Waals surface area contributed by atoms with E-state index in [9.17, 15) is 0 Å². The second-order valence-corrected chi connectivity index (χ2v) is 7.00. The van der Waals surface area contributed by atoms with Crippen LogP contribution in [0.3, 0.4) is 0 Å². The van der Waals surface area contributed by atoms with Gasteiger partial charge in [-0.1, -0.05) is 30.3 Å². The Kier molecular flexibility index (Phi) is 4.34. The van der Waals surface area contributed by atoms with Crippen molar-refractivity contribution in [3.63, 3.8) is 0 Å². The van der Waals surface area contributed by atoms with Gasteiger partial charge in [0.05, 0.1) is 17.7 Å². The highest BCUT2D eigenvalue weighted by Crippen LogP contribution is 2.28. The molecule has 3 nitrogen and oxygen atoms in total. The molecule has 4 unspecified atom stereocenters. The van der Waals surface area contributed by atoms with Crippen molar-refractivity contribution in [3.8, 4) is 0 Å². The van der Waals surface area contributed by atoms with Gasteiger partial charge < -0.3 is 10.1 Å². The van der Waals surface area contributed by atoms with Gasteiger partial charge in [0, 0.05) is 25.7 Å². The van der Waals surface area contributed by atoms with Gasteiger partial charge in [-0.2, -0.15) is 0 Å². The molecule has 2 saturated heterocycles. The number of ether oxygens (including phenoxy) is 1. The Morgan fingerprint density at radius 2 is 2.00 bits per heavy atom. The van der Waals surface area contributed by atoms with Crippen LogP contribution in [0.4, 0.5) is 0 Å². The Hall–Kier alpha value is -0.900. The Balaban J connectivity index is 1.69. The molecule has 1 aromatic rings. The Morgan fingerprint density at radius 1 is 1.24 bits per heavy atom. The van der Waals surface area contributed by atoms with Crippen LogP contribution in [0.15, 0.2) is 30.3 Å². The minimum atomic E-state index is 0.0397. The molecule has 3 heteroatoms. The van der Waals surface area contributed by atoms with E-state index in [0.29, 0.717) is 18.2 Å². The highest BCUT2D eigenvalue weighted by atomic mass is 16.5. The quantitative estimate of drug-likeness (QED) is 0.925. The van der Waals surface area contributed by atoms with E-state index < -0.39 is 0 Å². The molecule has 116 valence electrons. The molecule has 0 aliphatic carbocycles. The van der Waals surface area contributed by atoms with Crippen molar-refractivity contribution >= 4 is 0 Å². The zero-order valence-electron chi connectivity index (χ0n) is 13.5. The first-order chi connectivity index (χ1) is 10.1. The monoisotopic (exact) mass is 288 g/mol. The number of hydrogen-bond acceptors (Lipinski definition) is 3. The molecule has 4 atom stereocenters. The maximum Gasteiger partial charge on any atom is 0.0706 e. The van der Waals surface area contributed by atoms with E-state index in [-0.39, 0.29) is 5.54 Å². The zero-order chi connectivity index (χ0) is 14.9. The first kappa shape index (κ1) is 15.0. The molecule has 1 aromatic carbocycles. The van der Waals surface area contributed by atoms with E-state index in [4.69, 9.17) is 4.74 Å². The fraction of sp³-hybridized carbons (Fsp3) is 0.667. The summed E-state index contributed by atoms with van der Waals surface area (Å²) in [6.07, 6.45) is 3.27. The van der Waals surface area contributed by atoms with Crippen LogP contribution in [0.25, 0.3) is 0 Å². The largest absolute Gasteiger partial charge is 0.374 e. The second kappa shape index (κ2) is 6.07. The Bertz CT molecular complexity index is 464. The van der Waals surface area contributed by atoms with Crippen LogP contribution in [0.2, 0.25) is 0 Å². The molecule has 0 aromatic heterocycles. The fourth-order valence-corrected chi connectivity index (χ4v) is 3.64. The van der Waals surface area contributed by atoms with Gasteiger partial charge in [0.2, 0.25) is 0 Å². The predicted molar refractivity (Wildman–Crippen MR) is 86.4 cm³/mol. The lowest BCUT2D eigenvalue weighted by atomic mass is 9.88. The summed E-state index contributed by atoms with van der Waals surface area (Å²) in [6.45, 7) is 9.97. The van der Waals surface area contributed by atoms with Crippen molar-refractivity contribution in [1.82, 2.24) is 10.2 Å². The second-order valence-electron chi connectivity index (χ2n) is 7.00. The molecule has 21 heavy (non-hydrogen) atoms. The van der Waals surface area contributed by atoms with Crippen molar-refractivity contribution in [3.05, 3.63) is 35.9 Å². The number of nitrogens with one attached hydrogen (secondary N) is 1. The average molecular weight is 288 g/mol. The van der Waals surface area contributed by atoms with Gasteiger partial charge in [-0.15, -0.1) is 0 Å². The third-order valence-corrected chi connectivity index (χ3v) is 5.10. The minimum absolute atomic E-state index is 0.0397. The summed E-state index contributed by atoms with van der Waals surface area (Å²) < 4.78 is 6.02. The van der Waals surface area contributed by atoms with Gasteiger partial charge in [0.1, 0.15) is 0 Å². The Morgan fingerprint density at radius 3 is 2.67 bits per heavy atom. The molecule has 1 N–H and O–H groups in total. The van der Waals surface area contributed by atoms with E-state index in [1.807, 2.05) is 0 Å². The summed E-state index contributed by atoms with van der Waals surface area (Å²) in [5, 5.41) is 3.74. The molecule has 0 spiro atoms. The number of nitrogens with zero attached hydrogens (tertiary/aromatic N) is 1. The van der Waals surface area contributed by atoms with Crippen molar-refractivity contribution in [1.29, 1.82) is 0 Å². The normalized spacial score (nSPS) is 37.8. The standard InChI is InChI=1S/C18H28N2O/c1-14-11-19-18(3,16-7-5-4-6-8-16)13-20(14)12-17-10-9-15(2)21-17/h4-8,14-15,17,19H,9-13H2,1-3H3. The van der Waals surface area contributed by atoms with Crippen LogP contribution in [-0.2, 0) is 10.3 Å². The molecular formula is C18H28N2O. The number of piperazine rings is 1. The van der Waals surface area contributed by atoms with Gasteiger partial charge in [-0.25, -0.2) is 0 Å². The van der Waals surface area contributed by atoms with Gasteiger partial charge in [-0.05, 0) is 39.2 Å². The van der Waals surface area contributed by atoms with E-state index in [1.165, 1.54) is 18.4 Å². The molecule has 0 amide bonds. The molecule has 3 rings (SSSR count). The van der Waals surface area contributed by atoms with E-state index >= 15 is 0 Å². The lowest BCUT2D eigenvalue weighted by Crippen LogP contribution is -2.61.